The van der Waals surface area contributed by atoms with Gasteiger partial charge in [-0.15, -0.1) is 0 Å². The quantitative estimate of drug-likeness (QED) is 0.866. The fourth-order valence-corrected chi connectivity index (χ4v) is 3.72. The highest BCUT2D eigenvalue weighted by Gasteiger charge is 2.25. The highest BCUT2D eigenvalue weighted by Crippen LogP contribution is 2.23. The first-order valence-corrected chi connectivity index (χ1v) is 8.74. The highest BCUT2D eigenvalue weighted by atomic mass is 32.2. The van der Waals surface area contributed by atoms with Gasteiger partial charge in [-0.2, -0.15) is 4.31 Å². The number of hydrogen-bond donors (Lipinski definition) is 1. The summed E-state index contributed by atoms with van der Waals surface area (Å²) in [6, 6.07) is 10.2. The van der Waals surface area contributed by atoms with Crippen molar-refractivity contribution in [2.45, 2.75) is 17.9 Å². The Balaban J connectivity index is 2.18. The molecule has 0 saturated heterocycles. The number of likely N-dealkylation sites (N-methyl/N-ethyl adjacent to an activating group) is 1. The molecule has 0 aromatic heterocycles. The Labute approximate surface area is 141 Å². The lowest BCUT2D eigenvalue weighted by atomic mass is 10.1. The minimum atomic E-state index is -3.82. The number of aliphatic hydroxyl groups is 1. The molecule has 130 valence electrons. The first-order valence-electron chi connectivity index (χ1n) is 7.30. The fraction of sp³-hybridized carbons (Fsp3) is 0.294. The zero-order valence-electron chi connectivity index (χ0n) is 13.7. The lowest BCUT2D eigenvalue weighted by Crippen LogP contribution is -2.31. The van der Waals surface area contributed by atoms with Crippen LogP contribution in [-0.4, -0.2) is 38.5 Å². The van der Waals surface area contributed by atoms with E-state index in [1.165, 1.54) is 33.2 Å². The number of halogens is 1. The number of benzene rings is 2. The van der Waals surface area contributed by atoms with Crippen LogP contribution < -0.4 is 4.74 Å². The van der Waals surface area contributed by atoms with E-state index < -0.39 is 21.9 Å². The molecule has 2 aromatic rings. The Kier molecular flexibility index (Phi) is 5.58. The normalized spacial score (nSPS) is 13.1. The van der Waals surface area contributed by atoms with Crippen molar-refractivity contribution in [3.05, 3.63) is 59.4 Å². The number of sulfonamides is 1. The number of aryl methyl sites for hydroxylation is 1. The van der Waals surface area contributed by atoms with E-state index in [0.717, 1.165) is 10.4 Å². The van der Waals surface area contributed by atoms with Gasteiger partial charge in [-0.05, 0) is 48.4 Å². The second kappa shape index (κ2) is 7.29. The fourth-order valence-electron chi connectivity index (χ4n) is 2.34. The zero-order chi connectivity index (χ0) is 17.9. The first kappa shape index (κ1) is 18.4. The Bertz CT molecular complexity index is 806. The van der Waals surface area contributed by atoms with Crippen LogP contribution in [0, 0.1) is 12.7 Å². The Hall–Kier alpha value is -1.96. The molecule has 1 N–H and O–H groups in total. The van der Waals surface area contributed by atoms with Gasteiger partial charge in [-0.1, -0.05) is 12.1 Å². The summed E-state index contributed by atoms with van der Waals surface area (Å²) in [6.45, 7) is 1.41. The van der Waals surface area contributed by atoms with Gasteiger partial charge >= 0.3 is 0 Å². The van der Waals surface area contributed by atoms with Crippen LogP contribution in [0.2, 0.25) is 0 Å². The molecule has 0 heterocycles. The summed E-state index contributed by atoms with van der Waals surface area (Å²) >= 11 is 0. The van der Waals surface area contributed by atoms with Gasteiger partial charge < -0.3 is 9.84 Å². The van der Waals surface area contributed by atoms with E-state index >= 15 is 0 Å². The number of aliphatic hydroxyl groups excluding tert-OH is 1. The van der Waals surface area contributed by atoms with Crippen LogP contribution in [0.5, 0.6) is 5.75 Å². The monoisotopic (exact) mass is 353 g/mol. The maximum atomic E-state index is 13.2. The molecular formula is C17H20FNO4S. The Morgan fingerprint density at radius 3 is 2.38 bits per heavy atom. The van der Waals surface area contributed by atoms with Crippen molar-refractivity contribution in [1.82, 2.24) is 4.31 Å². The summed E-state index contributed by atoms with van der Waals surface area (Å²) in [5.74, 6) is 0.154. The van der Waals surface area contributed by atoms with Crippen LogP contribution in [-0.2, 0) is 10.0 Å². The van der Waals surface area contributed by atoms with Gasteiger partial charge in [0.2, 0.25) is 10.0 Å². The van der Waals surface area contributed by atoms with Crippen LogP contribution in [0.15, 0.2) is 47.4 Å². The molecule has 0 aliphatic heterocycles. The smallest absolute Gasteiger partial charge is 0.243 e. The van der Waals surface area contributed by atoms with Crippen molar-refractivity contribution in [1.29, 1.82) is 0 Å². The second-order valence-electron chi connectivity index (χ2n) is 5.48. The standard InChI is InChI=1S/C17H20FNO4S/c1-12-10-14(18)6-9-17(12)24(21,22)19(2)11-16(20)13-4-7-15(23-3)8-5-13/h4-10,16,20H,11H2,1-3H3. The number of rotatable bonds is 6. The summed E-state index contributed by atoms with van der Waals surface area (Å²) < 4.78 is 44.5. The average molecular weight is 353 g/mol. The van der Waals surface area contributed by atoms with E-state index in [-0.39, 0.29) is 11.4 Å². The predicted octanol–water partition coefficient (Wildman–Crippen LogP) is 2.50. The van der Waals surface area contributed by atoms with Crippen LogP contribution in [0.4, 0.5) is 4.39 Å². The van der Waals surface area contributed by atoms with Crippen LogP contribution in [0.25, 0.3) is 0 Å². The molecule has 1 unspecified atom stereocenters. The van der Waals surface area contributed by atoms with Crippen LogP contribution in [0.1, 0.15) is 17.2 Å². The Morgan fingerprint density at radius 1 is 1.21 bits per heavy atom. The molecule has 24 heavy (non-hydrogen) atoms. The first-order chi connectivity index (χ1) is 11.3. The number of methoxy groups -OCH3 is 1. The van der Waals surface area contributed by atoms with E-state index in [9.17, 15) is 17.9 Å². The molecule has 5 nitrogen and oxygen atoms in total. The van der Waals surface area contributed by atoms with Gasteiger partial charge in [0.25, 0.3) is 0 Å². The molecule has 0 fully saturated rings. The second-order valence-corrected chi connectivity index (χ2v) is 7.50. The van der Waals surface area contributed by atoms with E-state index in [2.05, 4.69) is 0 Å². The van der Waals surface area contributed by atoms with Gasteiger partial charge in [0, 0.05) is 13.6 Å². The predicted molar refractivity (Wildman–Crippen MR) is 88.9 cm³/mol. The van der Waals surface area contributed by atoms with Gasteiger partial charge in [-0.25, -0.2) is 12.8 Å². The molecule has 0 aliphatic rings. The maximum absolute atomic E-state index is 13.2. The summed E-state index contributed by atoms with van der Waals surface area (Å²) in [5, 5.41) is 10.3. The van der Waals surface area contributed by atoms with Gasteiger partial charge in [-0.3, -0.25) is 0 Å². The van der Waals surface area contributed by atoms with Crippen molar-refractivity contribution >= 4 is 10.0 Å². The average Bonchev–Trinajstić information content (AvgIpc) is 2.54. The van der Waals surface area contributed by atoms with Crippen molar-refractivity contribution in [2.24, 2.45) is 0 Å². The highest BCUT2D eigenvalue weighted by molar-refractivity contribution is 7.89. The summed E-state index contributed by atoms with van der Waals surface area (Å²) in [5.41, 5.74) is 0.898. The van der Waals surface area contributed by atoms with Crippen LogP contribution >= 0.6 is 0 Å². The summed E-state index contributed by atoms with van der Waals surface area (Å²) in [7, 11) is -0.902. The van der Waals surface area contributed by atoms with Gasteiger partial charge in [0.15, 0.2) is 0 Å². The molecule has 0 saturated carbocycles. The molecule has 0 aliphatic carbocycles. The summed E-state index contributed by atoms with van der Waals surface area (Å²) in [6.07, 6.45) is -0.989. The SMILES string of the molecule is COc1ccc(C(O)CN(C)S(=O)(=O)c2ccc(F)cc2C)cc1. The van der Waals surface area contributed by atoms with Gasteiger partial charge in [0.05, 0.1) is 18.1 Å². The summed E-state index contributed by atoms with van der Waals surface area (Å²) in [4.78, 5) is 0.0216. The molecule has 2 rings (SSSR count). The topological polar surface area (TPSA) is 66.8 Å². The third kappa shape index (κ3) is 3.92. The van der Waals surface area contributed by atoms with E-state index in [1.807, 2.05) is 0 Å². The number of hydrogen-bond acceptors (Lipinski definition) is 4. The van der Waals surface area contributed by atoms with Crippen molar-refractivity contribution in [3.8, 4) is 5.75 Å². The maximum Gasteiger partial charge on any atom is 0.243 e. The molecule has 7 heteroatoms. The largest absolute Gasteiger partial charge is 0.497 e. The minimum absolute atomic E-state index is 0.0216. The van der Waals surface area contributed by atoms with E-state index in [0.29, 0.717) is 16.9 Å². The van der Waals surface area contributed by atoms with Crippen molar-refractivity contribution in [3.63, 3.8) is 0 Å². The van der Waals surface area contributed by atoms with Gasteiger partial charge in [0.1, 0.15) is 11.6 Å². The molecule has 0 amide bonds. The minimum Gasteiger partial charge on any atom is -0.497 e. The molecule has 1 atom stereocenters. The molecule has 0 spiro atoms. The van der Waals surface area contributed by atoms with Crippen LogP contribution in [0.3, 0.4) is 0 Å². The van der Waals surface area contributed by atoms with E-state index in [4.69, 9.17) is 4.74 Å². The molecule has 0 bridgehead atoms. The van der Waals surface area contributed by atoms with Crippen molar-refractivity contribution in [2.75, 3.05) is 20.7 Å². The lowest BCUT2D eigenvalue weighted by molar-refractivity contribution is 0.155. The number of ether oxygens (including phenoxy) is 1. The van der Waals surface area contributed by atoms with E-state index in [1.54, 1.807) is 24.3 Å². The number of nitrogens with zero attached hydrogens (tertiary/aromatic N) is 1. The zero-order valence-corrected chi connectivity index (χ0v) is 14.5. The Morgan fingerprint density at radius 2 is 1.83 bits per heavy atom. The van der Waals surface area contributed by atoms with Crippen molar-refractivity contribution < 1.29 is 22.7 Å². The molecule has 0 radical (unpaired) electrons. The lowest BCUT2D eigenvalue weighted by Gasteiger charge is -2.22. The third-order valence-electron chi connectivity index (χ3n) is 3.76. The third-order valence-corrected chi connectivity index (χ3v) is 5.74. The molecule has 2 aromatic carbocycles. The molecular weight excluding hydrogens is 333 g/mol.